The molecule has 2 aromatic carbocycles. The summed E-state index contributed by atoms with van der Waals surface area (Å²) in [5.74, 6) is -0.436. The number of rotatable bonds is 4. The molecule has 4 rings (SSSR count). The number of para-hydroxylation sites is 1. The number of piperazine rings is 1. The Morgan fingerprint density at radius 2 is 1.77 bits per heavy atom. The molecule has 0 saturated carbocycles. The minimum absolute atomic E-state index is 0.147. The van der Waals surface area contributed by atoms with Gasteiger partial charge >= 0.3 is 0 Å². The number of hydrogen-bond acceptors (Lipinski definition) is 4. The molecule has 136 valence electrons. The highest BCUT2D eigenvalue weighted by Crippen LogP contribution is 2.21. The molecule has 1 aliphatic rings. The van der Waals surface area contributed by atoms with Crippen molar-refractivity contribution in [2.75, 3.05) is 26.2 Å². The fraction of sp³-hybridized carbons (Fsp3) is 0.278. The van der Waals surface area contributed by atoms with Crippen LogP contribution < -0.4 is 4.90 Å². The fourth-order valence-electron chi connectivity index (χ4n) is 3.18. The molecule has 1 aliphatic heterocycles. The number of aromatic nitrogens is 1. The molecule has 0 spiro atoms. The molecule has 1 aromatic heterocycles. The van der Waals surface area contributed by atoms with Gasteiger partial charge in [0, 0.05) is 0 Å². The Hall–Kier alpha value is -1.87. The highest BCUT2D eigenvalue weighted by atomic mass is 32.2. The Kier molecular flexibility index (Phi) is 4.74. The van der Waals surface area contributed by atoms with Gasteiger partial charge in [0.1, 0.15) is 17.4 Å². The van der Waals surface area contributed by atoms with Crippen molar-refractivity contribution in [1.29, 1.82) is 0 Å². The Bertz CT molecular complexity index is 977. The molecule has 0 unspecified atom stereocenters. The summed E-state index contributed by atoms with van der Waals surface area (Å²) >= 11 is 1.70. The third kappa shape index (κ3) is 3.50. The molecule has 1 saturated heterocycles. The van der Waals surface area contributed by atoms with E-state index in [2.05, 4.69) is 11.1 Å². The van der Waals surface area contributed by atoms with Crippen LogP contribution in [0.3, 0.4) is 0 Å². The van der Waals surface area contributed by atoms with E-state index in [1.807, 2.05) is 18.2 Å². The van der Waals surface area contributed by atoms with Gasteiger partial charge in [-0.05, 0) is 36.4 Å². The van der Waals surface area contributed by atoms with Gasteiger partial charge in [-0.15, -0.1) is 11.3 Å². The first-order chi connectivity index (χ1) is 12.5. The molecule has 26 heavy (non-hydrogen) atoms. The number of nitrogens with one attached hydrogen (secondary N) is 1. The molecule has 0 amide bonds. The number of halogens is 1. The second kappa shape index (κ2) is 7.03. The number of thiazole rings is 1. The molecule has 0 radical (unpaired) electrons. The van der Waals surface area contributed by atoms with Crippen molar-refractivity contribution in [1.82, 2.24) is 9.29 Å². The molecule has 1 fully saturated rings. The maximum atomic E-state index is 13.0. The van der Waals surface area contributed by atoms with Crippen LogP contribution in [0.25, 0.3) is 10.2 Å². The van der Waals surface area contributed by atoms with Gasteiger partial charge in [-0.25, -0.2) is 17.8 Å². The molecule has 0 bridgehead atoms. The average Bonchev–Trinajstić information content (AvgIpc) is 3.05. The van der Waals surface area contributed by atoms with E-state index >= 15 is 0 Å². The maximum Gasteiger partial charge on any atom is 0.243 e. The van der Waals surface area contributed by atoms with E-state index in [4.69, 9.17) is 0 Å². The summed E-state index contributed by atoms with van der Waals surface area (Å²) in [6, 6.07) is 13.1. The van der Waals surface area contributed by atoms with E-state index in [1.54, 1.807) is 11.3 Å². The summed E-state index contributed by atoms with van der Waals surface area (Å²) in [6.45, 7) is 3.19. The number of quaternary nitrogens is 1. The normalized spacial score (nSPS) is 17.0. The Morgan fingerprint density at radius 3 is 2.46 bits per heavy atom. The van der Waals surface area contributed by atoms with Gasteiger partial charge in [0.2, 0.25) is 10.0 Å². The number of fused-ring (bicyclic) bond motifs is 1. The van der Waals surface area contributed by atoms with Gasteiger partial charge in [-0.3, -0.25) is 0 Å². The lowest BCUT2D eigenvalue weighted by molar-refractivity contribution is -0.917. The summed E-state index contributed by atoms with van der Waals surface area (Å²) < 4.78 is 41.0. The first-order valence-electron chi connectivity index (χ1n) is 8.46. The largest absolute Gasteiger partial charge is 0.327 e. The lowest BCUT2D eigenvalue weighted by Gasteiger charge is -2.31. The van der Waals surface area contributed by atoms with Crippen molar-refractivity contribution in [3.05, 3.63) is 59.4 Å². The first kappa shape index (κ1) is 17.5. The van der Waals surface area contributed by atoms with Crippen LogP contribution in [0.2, 0.25) is 0 Å². The lowest BCUT2D eigenvalue weighted by Crippen LogP contribution is -3.13. The van der Waals surface area contributed by atoms with Crippen LogP contribution in [0.5, 0.6) is 0 Å². The van der Waals surface area contributed by atoms with Crippen LogP contribution in [0.4, 0.5) is 4.39 Å². The van der Waals surface area contributed by atoms with Crippen molar-refractivity contribution in [2.45, 2.75) is 11.4 Å². The Labute approximate surface area is 155 Å². The molecule has 8 heteroatoms. The second-order valence-electron chi connectivity index (χ2n) is 6.36. The van der Waals surface area contributed by atoms with E-state index in [0.29, 0.717) is 13.1 Å². The third-order valence-corrected chi connectivity index (χ3v) is 7.57. The van der Waals surface area contributed by atoms with Gasteiger partial charge in [-0.2, -0.15) is 4.31 Å². The molecule has 2 heterocycles. The standard InChI is InChI=1S/C18H18FN3O2S2/c19-14-5-7-15(8-6-14)26(23,24)22-11-9-21(10-12-22)13-18-20-16-3-1-2-4-17(16)25-18/h1-8H,9-13H2/p+1. The van der Waals surface area contributed by atoms with Crippen LogP contribution in [0.1, 0.15) is 5.01 Å². The predicted octanol–water partition coefficient (Wildman–Crippen LogP) is 1.52. The van der Waals surface area contributed by atoms with Crippen molar-refractivity contribution in [2.24, 2.45) is 0 Å². The van der Waals surface area contributed by atoms with E-state index < -0.39 is 15.8 Å². The molecule has 1 N–H and O–H groups in total. The predicted molar refractivity (Wildman–Crippen MR) is 99.2 cm³/mol. The summed E-state index contributed by atoms with van der Waals surface area (Å²) in [7, 11) is -3.56. The molecule has 0 aliphatic carbocycles. The van der Waals surface area contributed by atoms with E-state index in [1.165, 1.54) is 38.2 Å². The smallest absolute Gasteiger partial charge is 0.243 e. The van der Waals surface area contributed by atoms with Crippen LogP contribution >= 0.6 is 11.3 Å². The van der Waals surface area contributed by atoms with Gasteiger partial charge in [0.15, 0.2) is 0 Å². The van der Waals surface area contributed by atoms with E-state index in [0.717, 1.165) is 30.2 Å². The fourth-order valence-corrected chi connectivity index (χ4v) is 5.67. The highest BCUT2D eigenvalue weighted by molar-refractivity contribution is 7.89. The minimum Gasteiger partial charge on any atom is -0.327 e. The zero-order valence-corrected chi connectivity index (χ0v) is 15.7. The summed E-state index contributed by atoms with van der Waals surface area (Å²) in [5.41, 5.74) is 1.02. The van der Waals surface area contributed by atoms with Crippen molar-refractivity contribution >= 4 is 31.6 Å². The molecular formula is C18H19FN3O2S2+. The van der Waals surface area contributed by atoms with Gasteiger partial charge in [0.25, 0.3) is 0 Å². The average molecular weight is 393 g/mol. The van der Waals surface area contributed by atoms with E-state index in [-0.39, 0.29) is 4.90 Å². The van der Waals surface area contributed by atoms with Gasteiger partial charge in [-0.1, -0.05) is 12.1 Å². The van der Waals surface area contributed by atoms with Crippen molar-refractivity contribution < 1.29 is 17.7 Å². The second-order valence-corrected chi connectivity index (χ2v) is 9.41. The third-order valence-electron chi connectivity index (χ3n) is 4.62. The zero-order chi connectivity index (χ0) is 18.1. The summed E-state index contributed by atoms with van der Waals surface area (Å²) in [4.78, 5) is 6.14. The van der Waals surface area contributed by atoms with Crippen LogP contribution in [-0.4, -0.2) is 43.9 Å². The highest BCUT2D eigenvalue weighted by Gasteiger charge is 2.30. The number of hydrogen-bond donors (Lipinski definition) is 1. The van der Waals surface area contributed by atoms with Gasteiger partial charge < -0.3 is 4.90 Å². The minimum atomic E-state index is -3.56. The Morgan fingerprint density at radius 1 is 1.08 bits per heavy atom. The lowest BCUT2D eigenvalue weighted by atomic mass is 10.3. The quantitative estimate of drug-likeness (QED) is 0.733. The SMILES string of the molecule is O=S(=O)(c1ccc(F)cc1)N1CC[NH+](Cc2nc3ccccc3s2)CC1. The number of sulfonamides is 1. The van der Waals surface area contributed by atoms with Crippen molar-refractivity contribution in [3.8, 4) is 0 Å². The molecule has 0 atom stereocenters. The number of nitrogens with zero attached hydrogens (tertiary/aromatic N) is 2. The van der Waals surface area contributed by atoms with Crippen LogP contribution in [0.15, 0.2) is 53.4 Å². The van der Waals surface area contributed by atoms with Crippen LogP contribution in [0, 0.1) is 5.82 Å². The summed E-state index contributed by atoms with van der Waals surface area (Å²) in [5, 5.41) is 1.08. The molecular weight excluding hydrogens is 373 g/mol. The molecule has 5 nitrogen and oxygen atoms in total. The topological polar surface area (TPSA) is 54.7 Å². The molecule has 3 aromatic rings. The zero-order valence-electron chi connectivity index (χ0n) is 14.1. The monoisotopic (exact) mass is 392 g/mol. The van der Waals surface area contributed by atoms with Crippen LogP contribution in [-0.2, 0) is 16.6 Å². The Balaban J connectivity index is 1.41. The maximum absolute atomic E-state index is 13.0. The number of benzene rings is 2. The van der Waals surface area contributed by atoms with Gasteiger partial charge in [0.05, 0.1) is 41.3 Å². The first-order valence-corrected chi connectivity index (χ1v) is 10.7. The van der Waals surface area contributed by atoms with Crippen molar-refractivity contribution in [3.63, 3.8) is 0 Å². The summed E-state index contributed by atoms with van der Waals surface area (Å²) in [6.07, 6.45) is 0. The van der Waals surface area contributed by atoms with E-state index in [9.17, 15) is 12.8 Å².